The minimum atomic E-state index is -0.377. The van der Waals surface area contributed by atoms with Gasteiger partial charge in [-0.1, -0.05) is 12.1 Å². The molecule has 0 aromatic heterocycles. The summed E-state index contributed by atoms with van der Waals surface area (Å²) in [4.78, 5) is 12.8. The smallest absolute Gasteiger partial charge is 0.319 e. The molecule has 2 atom stereocenters. The van der Waals surface area contributed by atoms with Gasteiger partial charge in [0, 0.05) is 24.1 Å². The molecule has 1 spiro atoms. The summed E-state index contributed by atoms with van der Waals surface area (Å²) in [5.74, 6) is 0.318. The van der Waals surface area contributed by atoms with E-state index in [4.69, 9.17) is 4.74 Å². The van der Waals surface area contributed by atoms with Crippen molar-refractivity contribution in [1.29, 1.82) is 0 Å². The standard InChI is InChI=1S/C23H25FN2O3/c24-15-6-8-21-18(11-15)20(13-23(29-21)9-2-10-23)26-22(28)25-19-4-1-3-14-5-7-16(27)12-17(14)19/h1,3-4,6,8,11,16,20,27H,2,5,7,9-10,12-13H2,(H2,25,26,28)/t16-,20-/m0/s1. The number of aryl methyl sites for hydroxylation is 1. The number of hydrogen-bond donors (Lipinski definition) is 3. The van der Waals surface area contributed by atoms with Crippen molar-refractivity contribution in [3.8, 4) is 5.75 Å². The molecular weight excluding hydrogens is 371 g/mol. The Kier molecular flexibility index (Phi) is 4.46. The third-order valence-corrected chi connectivity index (χ3v) is 6.53. The predicted octanol–water partition coefficient (Wildman–Crippen LogP) is 4.24. The van der Waals surface area contributed by atoms with Crippen molar-refractivity contribution in [1.82, 2.24) is 5.32 Å². The Morgan fingerprint density at radius 3 is 2.90 bits per heavy atom. The lowest BCUT2D eigenvalue weighted by molar-refractivity contribution is -0.0355. The summed E-state index contributed by atoms with van der Waals surface area (Å²) >= 11 is 0. The first-order chi connectivity index (χ1) is 14.0. The molecule has 1 fully saturated rings. The highest BCUT2D eigenvalue weighted by atomic mass is 19.1. The Balaban J connectivity index is 1.37. The molecule has 2 amide bonds. The number of amides is 2. The van der Waals surface area contributed by atoms with Gasteiger partial charge in [-0.05, 0) is 67.5 Å². The molecule has 1 heterocycles. The molecule has 2 aromatic carbocycles. The lowest BCUT2D eigenvalue weighted by atomic mass is 9.73. The van der Waals surface area contributed by atoms with E-state index in [0.29, 0.717) is 24.2 Å². The Morgan fingerprint density at radius 2 is 2.10 bits per heavy atom. The van der Waals surface area contributed by atoms with Crippen molar-refractivity contribution in [2.45, 2.75) is 62.7 Å². The van der Waals surface area contributed by atoms with Gasteiger partial charge in [0.15, 0.2) is 0 Å². The van der Waals surface area contributed by atoms with Crippen LogP contribution >= 0.6 is 0 Å². The summed E-state index contributed by atoms with van der Waals surface area (Å²) in [6, 6.07) is 9.71. The Bertz CT molecular complexity index is 957. The molecule has 6 heteroatoms. The number of aliphatic hydroxyl groups is 1. The van der Waals surface area contributed by atoms with E-state index in [9.17, 15) is 14.3 Å². The van der Waals surface area contributed by atoms with Gasteiger partial charge >= 0.3 is 6.03 Å². The minimum absolute atomic E-state index is 0.251. The second kappa shape index (κ2) is 7.02. The van der Waals surface area contributed by atoms with Crippen molar-refractivity contribution in [2.24, 2.45) is 0 Å². The lowest BCUT2D eigenvalue weighted by Crippen LogP contribution is -2.50. The molecule has 2 aromatic rings. The van der Waals surface area contributed by atoms with Crippen molar-refractivity contribution >= 4 is 11.7 Å². The van der Waals surface area contributed by atoms with E-state index < -0.39 is 0 Å². The number of aliphatic hydroxyl groups excluding tert-OH is 1. The van der Waals surface area contributed by atoms with Crippen LogP contribution < -0.4 is 15.4 Å². The maximum Gasteiger partial charge on any atom is 0.319 e. The van der Waals surface area contributed by atoms with Crippen molar-refractivity contribution in [3.05, 3.63) is 58.9 Å². The second-order valence-electron chi connectivity index (χ2n) is 8.52. The number of fused-ring (bicyclic) bond motifs is 2. The molecule has 3 N–H and O–H groups in total. The van der Waals surface area contributed by atoms with E-state index >= 15 is 0 Å². The number of hydrogen-bond acceptors (Lipinski definition) is 3. The molecular formula is C23H25FN2O3. The number of urea groups is 1. The summed E-state index contributed by atoms with van der Waals surface area (Å²) in [5, 5.41) is 16.0. The largest absolute Gasteiger partial charge is 0.487 e. The molecule has 0 bridgehead atoms. The highest BCUT2D eigenvalue weighted by Gasteiger charge is 2.46. The quantitative estimate of drug-likeness (QED) is 0.711. The number of halogens is 1. The maximum absolute atomic E-state index is 13.9. The second-order valence-corrected chi connectivity index (χ2v) is 8.52. The summed E-state index contributed by atoms with van der Waals surface area (Å²) in [6.07, 6.45) is 5.37. The van der Waals surface area contributed by atoms with E-state index in [0.717, 1.165) is 43.4 Å². The van der Waals surface area contributed by atoms with Gasteiger partial charge in [-0.3, -0.25) is 0 Å². The first kappa shape index (κ1) is 18.4. The summed E-state index contributed by atoms with van der Waals surface area (Å²) in [7, 11) is 0. The fourth-order valence-electron chi connectivity index (χ4n) is 4.85. The van der Waals surface area contributed by atoms with Gasteiger partial charge in [-0.2, -0.15) is 0 Å². The average Bonchev–Trinajstić information content (AvgIpc) is 2.67. The predicted molar refractivity (Wildman–Crippen MR) is 108 cm³/mol. The summed E-state index contributed by atoms with van der Waals surface area (Å²) in [6.45, 7) is 0. The number of anilines is 1. The zero-order valence-electron chi connectivity index (χ0n) is 16.2. The van der Waals surface area contributed by atoms with Gasteiger partial charge in [0.2, 0.25) is 0 Å². The SMILES string of the molecule is O=C(Nc1cccc2c1C[C@@H](O)CC2)N[C@H]1CC2(CCC2)Oc2ccc(F)cc21. The number of carbonyl (C=O) groups is 1. The number of benzene rings is 2. The highest BCUT2D eigenvalue weighted by Crippen LogP contribution is 2.49. The van der Waals surface area contributed by atoms with E-state index in [-0.39, 0.29) is 29.6 Å². The monoisotopic (exact) mass is 396 g/mol. The van der Waals surface area contributed by atoms with Crippen molar-refractivity contribution in [2.75, 3.05) is 5.32 Å². The molecule has 152 valence electrons. The van der Waals surface area contributed by atoms with Gasteiger partial charge in [-0.15, -0.1) is 0 Å². The van der Waals surface area contributed by atoms with Gasteiger partial charge in [0.05, 0.1) is 12.1 Å². The third-order valence-electron chi connectivity index (χ3n) is 6.53. The van der Waals surface area contributed by atoms with Crippen LogP contribution in [0.15, 0.2) is 36.4 Å². The lowest BCUT2D eigenvalue weighted by Gasteiger charge is -2.48. The summed E-state index contributed by atoms with van der Waals surface area (Å²) < 4.78 is 20.0. The van der Waals surface area contributed by atoms with Crippen LogP contribution in [0, 0.1) is 5.82 Å². The topological polar surface area (TPSA) is 70.6 Å². The first-order valence-corrected chi connectivity index (χ1v) is 10.4. The highest BCUT2D eigenvalue weighted by molar-refractivity contribution is 5.90. The summed E-state index contributed by atoms with van der Waals surface area (Å²) in [5.41, 5.74) is 3.32. The van der Waals surface area contributed by atoms with Crippen LogP contribution in [-0.2, 0) is 12.8 Å². The van der Waals surface area contributed by atoms with E-state index in [1.807, 2.05) is 18.2 Å². The average molecular weight is 396 g/mol. The van der Waals surface area contributed by atoms with Crippen LogP contribution in [0.2, 0.25) is 0 Å². The first-order valence-electron chi connectivity index (χ1n) is 10.4. The minimum Gasteiger partial charge on any atom is -0.487 e. The Labute approximate surface area is 169 Å². The maximum atomic E-state index is 13.9. The van der Waals surface area contributed by atoms with Crippen LogP contribution in [0.1, 0.15) is 54.8 Å². The molecule has 3 aliphatic rings. The van der Waals surface area contributed by atoms with E-state index in [1.54, 1.807) is 6.07 Å². The zero-order chi connectivity index (χ0) is 20.0. The van der Waals surface area contributed by atoms with Crippen LogP contribution in [-0.4, -0.2) is 22.8 Å². The molecule has 5 rings (SSSR count). The van der Waals surface area contributed by atoms with Crippen molar-refractivity contribution in [3.63, 3.8) is 0 Å². The van der Waals surface area contributed by atoms with Crippen LogP contribution in [0.3, 0.4) is 0 Å². The van der Waals surface area contributed by atoms with Gasteiger partial charge < -0.3 is 20.5 Å². The fraction of sp³-hybridized carbons (Fsp3) is 0.435. The molecule has 1 saturated carbocycles. The molecule has 0 radical (unpaired) electrons. The van der Waals surface area contributed by atoms with Crippen LogP contribution in [0.4, 0.5) is 14.9 Å². The number of nitrogens with one attached hydrogen (secondary N) is 2. The normalized spacial score (nSPS) is 23.9. The van der Waals surface area contributed by atoms with E-state index in [2.05, 4.69) is 10.6 Å². The molecule has 29 heavy (non-hydrogen) atoms. The fourth-order valence-corrected chi connectivity index (χ4v) is 4.85. The zero-order valence-corrected chi connectivity index (χ0v) is 16.2. The van der Waals surface area contributed by atoms with Crippen molar-refractivity contribution < 1.29 is 19.0 Å². The van der Waals surface area contributed by atoms with Crippen LogP contribution in [0.5, 0.6) is 5.75 Å². The molecule has 0 unspecified atom stereocenters. The number of ether oxygens (including phenoxy) is 1. The van der Waals surface area contributed by atoms with E-state index in [1.165, 1.54) is 17.7 Å². The Hall–Kier alpha value is -2.60. The molecule has 0 saturated heterocycles. The number of carbonyl (C=O) groups excluding carboxylic acids is 1. The van der Waals surface area contributed by atoms with Crippen LogP contribution in [0.25, 0.3) is 0 Å². The van der Waals surface area contributed by atoms with Gasteiger partial charge in [0.25, 0.3) is 0 Å². The molecule has 1 aliphatic heterocycles. The molecule has 2 aliphatic carbocycles. The third kappa shape index (κ3) is 3.46. The Morgan fingerprint density at radius 1 is 1.24 bits per heavy atom. The molecule has 5 nitrogen and oxygen atoms in total. The van der Waals surface area contributed by atoms with Gasteiger partial charge in [-0.25, -0.2) is 9.18 Å². The van der Waals surface area contributed by atoms with Gasteiger partial charge in [0.1, 0.15) is 17.2 Å². The number of rotatable bonds is 2.